The van der Waals surface area contributed by atoms with Crippen LogP contribution in [-0.2, 0) is 14.3 Å². The zero-order valence-electron chi connectivity index (χ0n) is 12.9. The van der Waals surface area contributed by atoms with Crippen LogP contribution in [0.3, 0.4) is 0 Å². The molecular weight excluding hydrogens is 302 g/mol. The molecule has 2 rings (SSSR count). The van der Waals surface area contributed by atoms with E-state index in [0.29, 0.717) is 11.3 Å². The van der Waals surface area contributed by atoms with Gasteiger partial charge in [0.1, 0.15) is 17.9 Å². The molecule has 0 spiro atoms. The highest BCUT2D eigenvalue weighted by Crippen LogP contribution is 2.22. The molecule has 0 saturated carbocycles. The van der Waals surface area contributed by atoms with Crippen LogP contribution in [0, 0.1) is 6.92 Å². The number of rotatable bonds is 6. The highest BCUT2D eigenvalue weighted by molar-refractivity contribution is 5.83. The maximum atomic E-state index is 11.6. The van der Waals surface area contributed by atoms with Crippen molar-refractivity contribution in [1.29, 1.82) is 0 Å². The van der Waals surface area contributed by atoms with Gasteiger partial charge in [-0.15, -0.1) is 0 Å². The molecule has 0 fully saturated rings. The summed E-state index contributed by atoms with van der Waals surface area (Å²) < 4.78 is 15.1. The second-order valence-electron chi connectivity index (χ2n) is 4.78. The van der Waals surface area contributed by atoms with Crippen LogP contribution in [0.1, 0.15) is 12.5 Å². The molecule has 1 amide bonds. The minimum atomic E-state index is -0.510. The summed E-state index contributed by atoms with van der Waals surface area (Å²) in [5.74, 6) is -0.579. The van der Waals surface area contributed by atoms with Crippen molar-refractivity contribution in [2.75, 3.05) is 19.8 Å². The number of aryl methyl sites for hydroxylation is 1. The van der Waals surface area contributed by atoms with Gasteiger partial charge in [-0.1, -0.05) is 0 Å². The minimum Gasteiger partial charge on any atom is -0.484 e. The van der Waals surface area contributed by atoms with Gasteiger partial charge in [0.05, 0.1) is 6.61 Å². The Hall–Kier alpha value is -2.83. The summed E-state index contributed by atoms with van der Waals surface area (Å²) in [5, 5.41) is 3.18. The van der Waals surface area contributed by atoms with Gasteiger partial charge in [0.25, 0.3) is 5.91 Å². The van der Waals surface area contributed by atoms with Gasteiger partial charge in [-0.3, -0.25) is 9.59 Å². The highest BCUT2D eigenvalue weighted by atomic mass is 16.5. The number of benzene rings is 1. The number of carbonyl (C=O) groups is 2. The van der Waals surface area contributed by atoms with Crippen molar-refractivity contribution in [3.63, 3.8) is 0 Å². The van der Waals surface area contributed by atoms with E-state index >= 15 is 0 Å². The van der Waals surface area contributed by atoms with Crippen molar-refractivity contribution in [2.45, 2.75) is 13.8 Å². The molecule has 0 aliphatic heterocycles. The molecule has 7 nitrogen and oxygen atoms in total. The number of carbonyl (C=O) groups excluding carboxylic acids is 2. The topological polar surface area (TPSA) is 94.8 Å². The van der Waals surface area contributed by atoms with E-state index in [9.17, 15) is 14.4 Å². The van der Waals surface area contributed by atoms with Crippen LogP contribution in [0.15, 0.2) is 33.5 Å². The predicted molar refractivity (Wildman–Crippen MR) is 82.4 cm³/mol. The van der Waals surface area contributed by atoms with Crippen molar-refractivity contribution < 1.29 is 23.5 Å². The Labute approximate surface area is 132 Å². The van der Waals surface area contributed by atoms with E-state index in [0.717, 1.165) is 10.9 Å². The van der Waals surface area contributed by atoms with E-state index < -0.39 is 17.5 Å². The molecule has 2 aromatic rings. The monoisotopic (exact) mass is 319 g/mol. The predicted octanol–water partition coefficient (Wildman–Crippen LogP) is 1.16. The molecule has 23 heavy (non-hydrogen) atoms. The summed E-state index contributed by atoms with van der Waals surface area (Å²) in [4.78, 5) is 34.1. The second-order valence-corrected chi connectivity index (χ2v) is 4.78. The van der Waals surface area contributed by atoms with E-state index in [-0.39, 0.29) is 19.8 Å². The maximum absolute atomic E-state index is 11.6. The smallest absolute Gasteiger partial charge is 0.336 e. The molecule has 0 aliphatic rings. The van der Waals surface area contributed by atoms with E-state index in [4.69, 9.17) is 9.15 Å². The Bertz CT molecular complexity index is 780. The van der Waals surface area contributed by atoms with Crippen LogP contribution in [0.5, 0.6) is 5.75 Å². The van der Waals surface area contributed by atoms with E-state index in [2.05, 4.69) is 10.1 Å². The van der Waals surface area contributed by atoms with E-state index in [1.165, 1.54) is 6.07 Å². The lowest BCUT2D eigenvalue weighted by Gasteiger charge is -2.08. The van der Waals surface area contributed by atoms with Crippen molar-refractivity contribution in [3.05, 3.63) is 40.2 Å². The van der Waals surface area contributed by atoms with Crippen LogP contribution in [-0.4, -0.2) is 31.6 Å². The summed E-state index contributed by atoms with van der Waals surface area (Å²) in [7, 11) is 0. The molecule has 122 valence electrons. The van der Waals surface area contributed by atoms with Crippen LogP contribution in [0.4, 0.5) is 0 Å². The number of esters is 1. The fraction of sp³-hybridized carbons (Fsp3) is 0.312. The molecule has 1 aromatic heterocycles. The van der Waals surface area contributed by atoms with Crippen LogP contribution < -0.4 is 15.7 Å². The standard InChI is InChI=1S/C16H17NO6/c1-3-21-16(20)8-17-14(18)9-22-11-4-5-12-10(2)6-15(19)23-13(12)7-11/h4-7H,3,8-9H2,1-2H3,(H,17,18). The van der Waals surface area contributed by atoms with Crippen molar-refractivity contribution in [3.8, 4) is 5.75 Å². The lowest BCUT2D eigenvalue weighted by atomic mass is 10.1. The van der Waals surface area contributed by atoms with Crippen molar-refractivity contribution >= 4 is 22.8 Å². The first kappa shape index (κ1) is 16.5. The average molecular weight is 319 g/mol. The summed E-state index contributed by atoms with van der Waals surface area (Å²) in [6, 6.07) is 6.38. The third-order valence-corrected chi connectivity index (χ3v) is 3.03. The van der Waals surface area contributed by atoms with Crippen LogP contribution >= 0.6 is 0 Å². The van der Waals surface area contributed by atoms with E-state index in [1.54, 1.807) is 25.1 Å². The van der Waals surface area contributed by atoms with Gasteiger partial charge >= 0.3 is 11.6 Å². The largest absolute Gasteiger partial charge is 0.484 e. The van der Waals surface area contributed by atoms with Gasteiger partial charge in [0, 0.05) is 17.5 Å². The number of nitrogens with one attached hydrogen (secondary N) is 1. The number of fused-ring (bicyclic) bond motifs is 1. The van der Waals surface area contributed by atoms with Gasteiger partial charge in [0.15, 0.2) is 6.61 Å². The number of ether oxygens (including phenoxy) is 2. The first-order valence-corrected chi connectivity index (χ1v) is 7.09. The summed E-state index contributed by atoms with van der Waals surface area (Å²) >= 11 is 0. The van der Waals surface area contributed by atoms with Crippen molar-refractivity contribution in [2.24, 2.45) is 0 Å². The summed E-state index contributed by atoms with van der Waals surface area (Å²) in [6.07, 6.45) is 0. The Balaban J connectivity index is 1.95. The van der Waals surface area contributed by atoms with E-state index in [1.807, 2.05) is 6.92 Å². The first-order chi connectivity index (χ1) is 11.0. The fourth-order valence-corrected chi connectivity index (χ4v) is 1.98. The molecule has 0 aliphatic carbocycles. The van der Waals surface area contributed by atoms with Gasteiger partial charge in [0.2, 0.25) is 0 Å². The Morgan fingerprint density at radius 3 is 2.78 bits per heavy atom. The molecule has 1 heterocycles. The second kappa shape index (κ2) is 7.44. The Kier molecular flexibility index (Phi) is 5.35. The molecule has 0 unspecified atom stereocenters. The summed E-state index contributed by atoms with van der Waals surface area (Å²) in [5.41, 5.74) is 0.744. The minimum absolute atomic E-state index is 0.207. The lowest BCUT2D eigenvalue weighted by Crippen LogP contribution is -2.34. The molecule has 1 N–H and O–H groups in total. The quantitative estimate of drug-likeness (QED) is 0.634. The Morgan fingerprint density at radius 2 is 2.04 bits per heavy atom. The lowest BCUT2D eigenvalue weighted by molar-refractivity contribution is -0.143. The molecule has 7 heteroatoms. The summed E-state index contributed by atoms with van der Waals surface area (Å²) in [6.45, 7) is 3.28. The molecule has 0 radical (unpaired) electrons. The molecule has 0 atom stereocenters. The van der Waals surface area contributed by atoms with Gasteiger partial charge < -0.3 is 19.2 Å². The molecule has 0 bridgehead atoms. The third kappa shape index (κ3) is 4.57. The number of amides is 1. The molecular formula is C16H17NO6. The van der Waals surface area contributed by atoms with Crippen LogP contribution in [0.2, 0.25) is 0 Å². The maximum Gasteiger partial charge on any atom is 0.336 e. The van der Waals surface area contributed by atoms with Gasteiger partial charge in [-0.2, -0.15) is 0 Å². The molecule has 1 aromatic carbocycles. The molecule has 0 saturated heterocycles. The average Bonchev–Trinajstić information content (AvgIpc) is 2.50. The Morgan fingerprint density at radius 1 is 1.26 bits per heavy atom. The zero-order valence-corrected chi connectivity index (χ0v) is 12.9. The first-order valence-electron chi connectivity index (χ1n) is 7.09. The number of hydrogen-bond acceptors (Lipinski definition) is 6. The fourth-order valence-electron chi connectivity index (χ4n) is 1.98. The zero-order chi connectivity index (χ0) is 16.8. The normalized spacial score (nSPS) is 10.3. The highest BCUT2D eigenvalue weighted by Gasteiger charge is 2.08. The van der Waals surface area contributed by atoms with Crippen LogP contribution in [0.25, 0.3) is 11.0 Å². The SMILES string of the molecule is CCOC(=O)CNC(=O)COc1ccc2c(C)cc(=O)oc2c1. The van der Waals surface area contributed by atoms with Gasteiger partial charge in [-0.05, 0) is 31.5 Å². The van der Waals surface area contributed by atoms with Gasteiger partial charge in [-0.25, -0.2) is 4.79 Å². The van der Waals surface area contributed by atoms with Crippen molar-refractivity contribution in [1.82, 2.24) is 5.32 Å². The third-order valence-electron chi connectivity index (χ3n) is 3.03. The number of hydrogen-bond donors (Lipinski definition) is 1.